The number of H-pyrrole nitrogens is 1. The van der Waals surface area contributed by atoms with E-state index in [1.54, 1.807) is 6.20 Å². The van der Waals surface area contributed by atoms with Gasteiger partial charge in [0.15, 0.2) is 5.78 Å². The molecule has 19 heavy (non-hydrogen) atoms. The molecule has 0 fully saturated rings. The number of halogens is 2. The van der Waals surface area contributed by atoms with Crippen LogP contribution in [0.3, 0.4) is 0 Å². The van der Waals surface area contributed by atoms with Gasteiger partial charge in [-0.05, 0) is 40.0 Å². The second kappa shape index (κ2) is 3.63. The SMILES string of the molecule is O=C1CCc2c1c(F)cc1c2[nH]c2cc(Br)cnc21. The van der Waals surface area contributed by atoms with E-state index >= 15 is 0 Å². The Morgan fingerprint density at radius 2 is 2.16 bits per heavy atom. The van der Waals surface area contributed by atoms with Crippen molar-refractivity contribution in [2.24, 2.45) is 0 Å². The van der Waals surface area contributed by atoms with Gasteiger partial charge >= 0.3 is 0 Å². The molecule has 3 nitrogen and oxygen atoms in total. The molecule has 1 N–H and O–H groups in total. The number of aryl methyl sites for hydroxylation is 1. The first-order chi connectivity index (χ1) is 9.15. The van der Waals surface area contributed by atoms with E-state index in [-0.39, 0.29) is 11.3 Å². The van der Waals surface area contributed by atoms with Gasteiger partial charge in [0, 0.05) is 22.5 Å². The number of Topliss-reactive ketones (excluding diaryl/α,β-unsaturated/α-hetero) is 1. The van der Waals surface area contributed by atoms with Crippen molar-refractivity contribution in [1.29, 1.82) is 0 Å². The summed E-state index contributed by atoms with van der Waals surface area (Å²) in [4.78, 5) is 19.3. The summed E-state index contributed by atoms with van der Waals surface area (Å²) >= 11 is 3.37. The fraction of sp³-hybridized carbons (Fsp3) is 0.143. The Kier molecular flexibility index (Phi) is 2.12. The summed E-state index contributed by atoms with van der Waals surface area (Å²) in [7, 11) is 0. The predicted molar refractivity (Wildman–Crippen MR) is 73.9 cm³/mol. The van der Waals surface area contributed by atoms with Gasteiger partial charge in [-0.25, -0.2) is 4.39 Å². The third kappa shape index (κ3) is 1.42. The van der Waals surface area contributed by atoms with Gasteiger partial charge in [0.05, 0.1) is 22.1 Å². The number of nitrogens with one attached hydrogen (secondary N) is 1. The number of hydrogen-bond acceptors (Lipinski definition) is 2. The lowest BCUT2D eigenvalue weighted by atomic mass is 10.1. The van der Waals surface area contributed by atoms with Crippen molar-refractivity contribution in [3.05, 3.63) is 39.7 Å². The van der Waals surface area contributed by atoms with E-state index in [1.165, 1.54) is 6.07 Å². The van der Waals surface area contributed by atoms with Crippen LogP contribution in [0.15, 0.2) is 22.8 Å². The van der Waals surface area contributed by atoms with E-state index in [0.717, 1.165) is 32.0 Å². The number of ketones is 1. The summed E-state index contributed by atoms with van der Waals surface area (Å²) < 4.78 is 14.9. The Morgan fingerprint density at radius 1 is 1.32 bits per heavy atom. The Balaban J connectivity index is 2.22. The third-order valence-corrected chi connectivity index (χ3v) is 4.07. The van der Waals surface area contributed by atoms with Crippen LogP contribution in [0.4, 0.5) is 4.39 Å². The Labute approximate surface area is 116 Å². The van der Waals surface area contributed by atoms with Gasteiger partial charge in [-0.1, -0.05) is 0 Å². The minimum atomic E-state index is -0.435. The Hall–Kier alpha value is -1.75. The van der Waals surface area contributed by atoms with Crippen molar-refractivity contribution in [2.75, 3.05) is 0 Å². The van der Waals surface area contributed by atoms with Crippen molar-refractivity contribution in [1.82, 2.24) is 9.97 Å². The van der Waals surface area contributed by atoms with Crippen LogP contribution in [0.25, 0.3) is 21.9 Å². The summed E-state index contributed by atoms with van der Waals surface area (Å²) in [6, 6.07) is 3.32. The molecule has 2 aromatic heterocycles. The van der Waals surface area contributed by atoms with Crippen LogP contribution in [-0.4, -0.2) is 15.8 Å². The van der Waals surface area contributed by atoms with E-state index in [0.29, 0.717) is 12.8 Å². The van der Waals surface area contributed by atoms with Crippen LogP contribution >= 0.6 is 15.9 Å². The lowest BCUT2D eigenvalue weighted by Crippen LogP contribution is -1.96. The minimum absolute atomic E-state index is 0.109. The van der Waals surface area contributed by atoms with Crippen LogP contribution in [0.2, 0.25) is 0 Å². The number of aromatic amines is 1. The molecule has 94 valence electrons. The van der Waals surface area contributed by atoms with E-state index in [2.05, 4.69) is 25.9 Å². The highest BCUT2D eigenvalue weighted by atomic mass is 79.9. The normalized spacial score (nSPS) is 14.5. The molecule has 0 atom stereocenters. The molecule has 0 bridgehead atoms. The van der Waals surface area contributed by atoms with E-state index in [1.807, 2.05) is 6.07 Å². The number of hydrogen-bond donors (Lipinski definition) is 1. The van der Waals surface area contributed by atoms with Crippen molar-refractivity contribution >= 4 is 43.6 Å². The maximum absolute atomic E-state index is 14.1. The number of nitrogens with zero attached hydrogens (tertiary/aromatic N) is 1. The first kappa shape index (κ1) is 11.1. The maximum atomic E-state index is 14.1. The molecular formula is C14H8BrFN2O. The summed E-state index contributed by atoms with van der Waals surface area (Å²) in [6.45, 7) is 0. The van der Waals surface area contributed by atoms with E-state index < -0.39 is 5.82 Å². The van der Waals surface area contributed by atoms with Gasteiger partial charge in [0.1, 0.15) is 5.82 Å². The molecule has 0 aliphatic heterocycles. The maximum Gasteiger partial charge on any atom is 0.166 e. The standard InChI is InChI=1S/C14H8BrFN2O/c15-6-3-10-14(17-5-6)8-4-9(16)12-7(13(8)18-10)1-2-11(12)19/h3-5,18H,1-2H2. The molecule has 0 saturated carbocycles. The van der Waals surface area contributed by atoms with Crippen LogP contribution in [0.5, 0.6) is 0 Å². The largest absolute Gasteiger partial charge is 0.353 e. The number of aromatic nitrogens is 2. The Bertz CT molecular complexity index is 869. The van der Waals surface area contributed by atoms with Crippen LogP contribution in [0.1, 0.15) is 22.3 Å². The molecule has 0 amide bonds. The zero-order valence-corrected chi connectivity index (χ0v) is 11.3. The van der Waals surface area contributed by atoms with E-state index in [9.17, 15) is 9.18 Å². The van der Waals surface area contributed by atoms with Crippen molar-refractivity contribution in [2.45, 2.75) is 12.8 Å². The summed E-state index contributed by atoms with van der Waals surface area (Å²) in [5.74, 6) is -0.544. The monoisotopic (exact) mass is 318 g/mol. The molecule has 0 saturated heterocycles. The summed E-state index contributed by atoms with van der Waals surface area (Å²) in [5.41, 5.74) is 3.45. The summed E-state index contributed by atoms with van der Waals surface area (Å²) in [5, 5.41) is 0.744. The quantitative estimate of drug-likeness (QED) is 0.686. The molecule has 0 unspecified atom stereocenters. The molecule has 2 heterocycles. The van der Waals surface area contributed by atoms with Gasteiger partial charge < -0.3 is 4.98 Å². The zero-order chi connectivity index (χ0) is 13.1. The van der Waals surface area contributed by atoms with Crippen LogP contribution in [0, 0.1) is 5.82 Å². The second-order valence-electron chi connectivity index (χ2n) is 4.73. The van der Waals surface area contributed by atoms with Gasteiger partial charge in [0.25, 0.3) is 0 Å². The second-order valence-corrected chi connectivity index (χ2v) is 5.65. The molecule has 1 aliphatic rings. The van der Waals surface area contributed by atoms with E-state index in [4.69, 9.17) is 0 Å². The highest BCUT2D eigenvalue weighted by Crippen LogP contribution is 2.35. The molecule has 1 aliphatic carbocycles. The van der Waals surface area contributed by atoms with Crippen molar-refractivity contribution in [3.8, 4) is 0 Å². The van der Waals surface area contributed by atoms with Crippen molar-refractivity contribution in [3.63, 3.8) is 0 Å². The molecule has 0 radical (unpaired) electrons. The lowest BCUT2D eigenvalue weighted by Gasteiger charge is -2.01. The van der Waals surface area contributed by atoms with Crippen LogP contribution < -0.4 is 0 Å². The minimum Gasteiger partial charge on any atom is -0.353 e. The molecule has 5 heteroatoms. The highest BCUT2D eigenvalue weighted by Gasteiger charge is 2.27. The Morgan fingerprint density at radius 3 is 3.00 bits per heavy atom. The number of fused-ring (bicyclic) bond motifs is 5. The zero-order valence-electron chi connectivity index (χ0n) is 9.76. The average Bonchev–Trinajstić information content (AvgIpc) is 2.91. The smallest absolute Gasteiger partial charge is 0.166 e. The van der Waals surface area contributed by atoms with Gasteiger partial charge in [0.2, 0.25) is 0 Å². The van der Waals surface area contributed by atoms with Crippen molar-refractivity contribution < 1.29 is 9.18 Å². The fourth-order valence-electron chi connectivity index (χ4n) is 2.83. The first-order valence-corrected chi connectivity index (χ1v) is 6.76. The number of carbonyl (C=O) groups is 1. The first-order valence-electron chi connectivity index (χ1n) is 5.96. The number of rotatable bonds is 0. The topological polar surface area (TPSA) is 45.8 Å². The molecule has 1 aromatic carbocycles. The molecule has 3 aromatic rings. The molecule has 4 rings (SSSR count). The van der Waals surface area contributed by atoms with Gasteiger partial charge in [-0.15, -0.1) is 0 Å². The summed E-state index contributed by atoms with van der Waals surface area (Å²) in [6.07, 6.45) is 2.67. The molecule has 0 spiro atoms. The fourth-order valence-corrected chi connectivity index (χ4v) is 3.16. The van der Waals surface area contributed by atoms with Crippen LogP contribution in [-0.2, 0) is 6.42 Å². The predicted octanol–water partition coefficient (Wildman–Crippen LogP) is 3.75. The third-order valence-electron chi connectivity index (χ3n) is 3.63. The lowest BCUT2D eigenvalue weighted by molar-refractivity contribution is 0.0991. The molecular weight excluding hydrogens is 311 g/mol. The van der Waals surface area contributed by atoms with Gasteiger partial charge in [-0.3, -0.25) is 9.78 Å². The number of pyridine rings is 1. The number of benzene rings is 1. The average molecular weight is 319 g/mol. The highest BCUT2D eigenvalue weighted by molar-refractivity contribution is 9.10. The van der Waals surface area contributed by atoms with Gasteiger partial charge in [-0.2, -0.15) is 0 Å². The number of carbonyl (C=O) groups excluding carboxylic acids is 1.